The van der Waals surface area contributed by atoms with E-state index in [1.54, 1.807) is 12.5 Å². The van der Waals surface area contributed by atoms with E-state index in [2.05, 4.69) is 15.3 Å². The molecule has 4 nitrogen and oxygen atoms in total. The summed E-state index contributed by atoms with van der Waals surface area (Å²) in [5.74, 6) is 1.82. The van der Waals surface area contributed by atoms with Crippen LogP contribution in [0.15, 0.2) is 41.4 Å². The molecule has 4 heteroatoms. The van der Waals surface area contributed by atoms with Crippen LogP contribution in [-0.2, 0) is 6.42 Å². The van der Waals surface area contributed by atoms with Crippen LogP contribution >= 0.6 is 0 Å². The molecule has 0 aromatic carbocycles. The van der Waals surface area contributed by atoms with E-state index in [0.29, 0.717) is 0 Å². The zero-order valence-electron chi connectivity index (χ0n) is 7.68. The van der Waals surface area contributed by atoms with Gasteiger partial charge in [-0.25, -0.2) is 9.97 Å². The molecule has 0 atom stereocenters. The maximum atomic E-state index is 5.20. The van der Waals surface area contributed by atoms with Crippen molar-refractivity contribution >= 4 is 5.82 Å². The maximum absolute atomic E-state index is 5.20. The summed E-state index contributed by atoms with van der Waals surface area (Å²) in [5.41, 5.74) is 0. The fraction of sp³-hybridized carbons (Fsp3) is 0.200. The standard InChI is InChI=1S/C10H11N3O/c1-2-9(14-7-1)3-6-12-10-4-5-11-8-13-10/h1-2,4-5,7-8H,3,6H2,(H,11,12,13). The van der Waals surface area contributed by atoms with Gasteiger partial charge in [-0.3, -0.25) is 0 Å². The molecule has 0 amide bonds. The molecule has 0 saturated heterocycles. The fourth-order valence-electron chi connectivity index (χ4n) is 1.16. The lowest BCUT2D eigenvalue weighted by atomic mass is 10.3. The minimum atomic E-state index is 0.810. The highest BCUT2D eigenvalue weighted by Gasteiger charge is 1.95. The van der Waals surface area contributed by atoms with Crippen LogP contribution in [0.25, 0.3) is 0 Å². The van der Waals surface area contributed by atoms with Gasteiger partial charge in [-0.15, -0.1) is 0 Å². The average Bonchev–Trinajstić information content (AvgIpc) is 2.72. The number of anilines is 1. The largest absolute Gasteiger partial charge is 0.469 e. The Bertz CT molecular complexity index is 358. The predicted molar refractivity (Wildman–Crippen MR) is 52.9 cm³/mol. The van der Waals surface area contributed by atoms with E-state index in [9.17, 15) is 0 Å². The summed E-state index contributed by atoms with van der Waals surface area (Å²) in [6.07, 6.45) is 5.77. The normalized spacial score (nSPS) is 10.0. The second-order valence-corrected chi connectivity index (χ2v) is 2.85. The summed E-state index contributed by atoms with van der Waals surface area (Å²) in [6, 6.07) is 5.68. The first kappa shape index (κ1) is 8.74. The maximum Gasteiger partial charge on any atom is 0.129 e. The van der Waals surface area contributed by atoms with E-state index < -0.39 is 0 Å². The molecule has 0 aliphatic rings. The smallest absolute Gasteiger partial charge is 0.129 e. The predicted octanol–water partition coefficient (Wildman–Crippen LogP) is 1.72. The number of nitrogens with zero attached hydrogens (tertiary/aromatic N) is 2. The van der Waals surface area contributed by atoms with Crippen LogP contribution < -0.4 is 5.32 Å². The van der Waals surface area contributed by atoms with Gasteiger partial charge in [0, 0.05) is 19.2 Å². The van der Waals surface area contributed by atoms with E-state index in [4.69, 9.17) is 4.42 Å². The van der Waals surface area contributed by atoms with Gasteiger partial charge in [0.05, 0.1) is 6.26 Å². The summed E-state index contributed by atoms with van der Waals surface area (Å²) in [5, 5.41) is 3.17. The Morgan fingerprint density at radius 3 is 3.07 bits per heavy atom. The summed E-state index contributed by atoms with van der Waals surface area (Å²) >= 11 is 0. The van der Waals surface area contributed by atoms with Crippen LogP contribution in [0, 0.1) is 0 Å². The first-order chi connectivity index (χ1) is 6.95. The van der Waals surface area contributed by atoms with Gasteiger partial charge in [0.2, 0.25) is 0 Å². The van der Waals surface area contributed by atoms with E-state index in [1.165, 1.54) is 6.33 Å². The Morgan fingerprint density at radius 1 is 1.36 bits per heavy atom. The second kappa shape index (κ2) is 4.41. The summed E-state index contributed by atoms with van der Waals surface area (Å²) in [4.78, 5) is 7.88. The molecular weight excluding hydrogens is 178 g/mol. The van der Waals surface area contributed by atoms with Crippen LogP contribution in [0.2, 0.25) is 0 Å². The van der Waals surface area contributed by atoms with Crippen LogP contribution in [0.3, 0.4) is 0 Å². The molecule has 0 radical (unpaired) electrons. The zero-order valence-corrected chi connectivity index (χ0v) is 7.68. The molecule has 2 aromatic rings. The second-order valence-electron chi connectivity index (χ2n) is 2.85. The lowest BCUT2D eigenvalue weighted by Gasteiger charge is -2.02. The topological polar surface area (TPSA) is 51.0 Å². The summed E-state index contributed by atoms with van der Waals surface area (Å²) in [6.45, 7) is 0.810. The molecule has 0 aliphatic heterocycles. The molecule has 2 aromatic heterocycles. The Morgan fingerprint density at radius 2 is 2.36 bits per heavy atom. The molecule has 0 fully saturated rings. The number of hydrogen-bond acceptors (Lipinski definition) is 4. The minimum Gasteiger partial charge on any atom is -0.469 e. The quantitative estimate of drug-likeness (QED) is 0.795. The molecule has 2 rings (SSSR count). The van der Waals surface area contributed by atoms with Gasteiger partial charge in [0.1, 0.15) is 17.9 Å². The van der Waals surface area contributed by atoms with Crippen molar-refractivity contribution in [1.29, 1.82) is 0 Å². The van der Waals surface area contributed by atoms with Crippen molar-refractivity contribution < 1.29 is 4.42 Å². The van der Waals surface area contributed by atoms with Gasteiger partial charge in [0.25, 0.3) is 0 Å². The molecule has 14 heavy (non-hydrogen) atoms. The third-order valence-electron chi connectivity index (χ3n) is 1.84. The highest BCUT2D eigenvalue weighted by Crippen LogP contribution is 2.02. The van der Waals surface area contributed by atoms with Crippen molar-refractivity contribution in [3.8, 4) is 0 Å². The minimum absolute atomic E-state index is 0.810. The Hall–Kier alpha value is -1.84. The molecule has 0 spiro atoms. The van der Waals surface area contributed by atoms with Crippen molar-refractivity contribution in [3.63, 3.8) is 0 Å². The first-order valence-electron chi connectivity index (χ1n) is 4.47. The van der Waals surface area contributed by atoms with Crippen molar-refractivity contribution in [1.82, 2.24) is 9.97 Å². The fourth-order valence-corrected chi connectivity index (χ4v) is 1.16. The molecule has 0 saturated carbocycles. The molecule has 72 valence electrons. The average molecular weight is 189 g/mol. The molecule has 0 aliphatic carbocycles. The van der Waals surface area contributed by atoms with Crippen LogP contribution in [0.1, 0.15) is 5.76 Å². The van der Waals surface area contributed by atoms with E-state index in [-0.39, 0.29) is 0 Å². The number of rotatable bonds is 4. The molecule has 1 N–H and O–H groups in total. The molecular formula is C10H11N3O. The molecule has 2 heterocycles. The van der Waals surface area contributed by atoms with E-state index >= 15 is 0 Å². The summed E-state index contributed by atoms with van der Waals surface area (Å²) < 4.78 is 5.20. The molecule has 0 unspecified atom stereocenters. The number of nitrogens with one attached hydrogen (secondary N) is 1. The number of furan rings is 1. The summed E-state index contributed by atoms with van der Waals surface area (Å²) in [7, 11) is 0. The van der Waals surface area contributed by atoms with Crippen LogP contribution in [0.5, 0.6) is 0 Å². The van der Waals surface area contributed by atoms with Gasteiger partial charge >= 0.3 is 0 Å². The Kier molecular flexibility index (Phi) is 2.76. The lowest BCUT2D eigenvalue weighted by Crippen LogP contribution is -2.05. The van der Waals surface area contributed by atoms with Gasteiger partial charge in [0.15, 0.2) is 0 Å². The third-order valence-corrected chi connectivity index (χ3v) is 1.84. The SMILES string of the molecule is c1coc(CCNc2ccncn2)c1. The van der Waals surface area contributed by atoms with Crippen molar-refractivity contribution in [2.24, 2.45) is 0 Å². The molecule has 0 bridgehead atoms. The number of hydrogen-bond donors (Lipinski definition) is 1. The van der Waals surface area contributed by atoms with Gasteiger partial charge in [-0.1, -0.05) is 0 Å². The number of aromatic nitrogens is 2. The Balaban J connectivity index is 1.79. The van der Waals surface area contributed by atoms with Crippen LogP contribution in [-0.4, -0.2) is 16.5 Å². The highest BCUT2D eigenvalue weighted by atomic mass is 16.3. The Labute approximate surface area is 82.0 Å². The van der Waals surface area contributed by atoms with Crippen molar-refractivity contribution in [2.75, 3.05) is 11.9 Å². The lowest BCUT2D eigenvalue weighted by molar-refractivity contribution is 0.513. The zero-order chi connectivity index (χ0) is 9.64. The third kappa shape index (κ3) is 2.32. The first-order valence-corrected chi connectivity index (χ1v) is 4.47. The van der Waals surface area contributed by atoms with Crippen molar-refractivity contribution in [3.05, 3.63) is 42.7 Å². The van der Waals surface area contributed by atoms with Crippen molar-refractivity contribution in [2.45, 2.75) is 6.42 Å². The van der Waals surface area contributed by atoms with Crippen LogP contribution in [0.4, 0.5) is 5.82 Å². The van der Waals surface area contributed by atoms with Gasteiger partial charge < -0.3 is 9.73 Å². The van der Waals surface area contributed by atoms with E-state index in [0.717, 1.165) is 24.5 Å². The monoisotopic (exact) mass is 189 g/mol. The van der Waals surface area contributed by atoms with E-state index in [1.807, 2.05) is 18.2 Å². The van der Waals surface area contributed by atoms with Gasteiger partial charge in [-0.05, 0) is 18.2 Å². The highest BCUT2D eigenvalue weighted by molar-refractivity contribution is 5.31. The van der Waals surface area contributed by atoms with Gasteiger partial charge in [-0.2, -0.15) is 0 Å².